The summed E-state index contributed by atoms with van der Waals surface area (Å²) in [5.74, 6) is 1.37. The van der Waals surface area contributed by atoms with Gasteiger partial charge in [0.1, 0.15) is 0 Å². The fraction of sp³-hybridized carbons (Fsp3) is 0.900. The molecule has 0 spiro atoms. The van der Waals surface area contributed by atoms with Gasteiger partial charge in [0, 0.05) is 6.54 Å². The molecule has 0 aromatic carbocycles. The fourth-order valence-electron chi connectivity index (χ4n) is 1.54. The van der Waals surface area contributed by atoms with Gasteiger partial charge < -0.3 is 11.1 Å². The molecule has 3 nitrogen and oxygen atoms in total. The van der Waals surface area contributed by atoms with Gasteiger partial charge in [0.25, 0.3) is 0 Å². The Kier molecular flexibility index (Phi) is 6.03. The van der Waals surface area contributed by atoms with E-state index in [0.717, 1.165) is 31.6 Å². The Bertz CT molecular complexity index is 170. The summed E-state index contributed by atoms with van der Waals surface area (Å²) in [6.45, 7) is 1.50. The minimum atomic E-state index is 0.210. The summed E-state index contributed by atoms with van der Waals surface area (Å²) in [6, 6.07) is 0. The Labute approximate surface area is 90.2 Å². The minimum Gasteiger partial charge on any atom is -0.355 e. The van der Waals surface area contributed by atoms with Crippen molar-refractivity contribution in [1.29, 1.82) is 0 Å². The first kappa shape index (κ1) is 11.9. The zero-order valence-corrected chi connectivity index (χ0v) is 9.44. The Morgan fingerprint density at radius 1 is 1.43 bits per heavy atom. The van der Waals surface area contributed by atoms with Gasteiger partial charge in [-0.25, -0.2) is 0 Å². The second kappa shape index (κ2) is 7.12. The molecule has 0 aliphatic carbocycles. The van der Waals surface area contributed by atoms with Crippen LogP contribution in [0.5, 0.6) is 0 Å². The van der Waals surface area contributed by atoms with Crippen molar-refractivity contribution >= 4 is 17.7 Å². The molecule has 4 heteroatoms. The number of nitrogens with one attached hydrogen (secondary N) is 1. The average molecular weight is 216 g/mol. The van der Waals surface area contributed by atoms with Gasteiger partial charge in [-0.3, -0.25) is 4.79 Å². The van der Waals surface area contributed by atoms with Gasteiger partial charge in [-0.2, -0.15) is 0 Å². The lowest BCUT2D eigenvalue weighted by molar-refractivity contribution is -0.120. The highest BCUT2D eigenvalue weighted by atomic mass is 32.2. The molecule has 0 radical (unpaired) electrons. The topological polar surface area (TPSA) is 55.1 Å². The van der Waals surface area contributed by atoms with E-state index >= 15 is 0 Å². The Morgan fingerprint density at radius 2 is 2.29 bits per heavy atom. The van der Waals surface area contributed by atoms with Gasteiger partial charge in [0.2, 0.25) is 5.91 Å². The van der Waals surface area contributed by atoms with Crippen LogP contribution in [0.25, 0.3) is 0 Å². The van der Waals surface area contributed by atoms with Gasteiger partial charge in [0.15, 0.2) is 0 Å². The first-order valence-electron chi connectivity index (χ1n) is 5.44. The summed E-state index contributed by atoms with van der Waals surface area (Å²) in [5.41, 5.74) is 5.37. The van der Waals surface area contributed by atoms with E-state index in [1.807, 2.05) is 0 Å². The van der Waals surface area contributed by atoms with Crippen molar-refractivity contribution in [1.82, 2.24) is 5.32 Å². The number of hydrogen-bond acceptors (Lipinski definition) is 3. The zero-order valence-electron chi connectivity index (χ0n) is 8.63. The smallest absolute Gasteiger partial charge is 0.233 e. The Hall–Kier alpha value is -0.220. The summed E-state index contributed by atoms with van der Waals surface area (Å²) in [6.07, 6.45) is 5.51. The van der Waals surface area contributed by atoms with Crippen LogP contribution < -0.4 is 11.1 Å². The van der Waals surface area contributed by atoms with Gasteiger partial charge >= 0.3 is 0 Å². The van der Waals surface area contributed by atoms with E-state index in [2.05, 4.69) is 5.32 Å². The predicted molar refractivity (Wildman–Crippen MR) is 61.4 cm³/mol. The maximum Gasteiger partial charge on any atom is 0.233 e. The van der Waals surface area contributed by atoms with E-state index in [-0.39, 0.29) is 11.2 Å². The van der Waals surface area contributed by atoms with Crippen LogP contribution in [0.2, 0.25) is 0 Å². The van der Waals surface area contributed by atoms with Crippen LogP contribution in [-0.4, -0.2) is 30.0 Å². The molecule has 1 unspecified atom stereocenters. The van der Waals surface area contributed by atoms with Crippen molar-refractivity contribution in [2.45, 2.75) is 37.4 Å². The lowest BCUT2D eigenvalue weighted by atomic mass is 10.2. The van der Waals surface area contributed by atoms with Crippen molar-refractivity contribution in [3.63, 3.8) is 0 Å². The van der Waals surface area contributed by atoms with Crippen molar-refractivity contribution in [2.75, 3.05) is 18.8 Å². The molecule has 14 heavy (non-hydrogen) atoms. The number of unbranched alkanes of at least 4 members (excludes halogenated alkanes) is 1. The van der Waals surface area contributed by atoms with Crippen LogP contribution in [0.4, 0.5) is 0 Å². The molecular weight excluding hydrogens is 196 g/mol. The third-order valence-electron chi connectivity index (χ3n) is 2.40. The van der Waals surface area contributed by atoms with Gasteiger partial charge in [-0.15, -0.1) is 11.8 Å². The maximum absolute atomic E-state index is 11.6. The summed E-state index contributed by atoms with van der Waals surface area (Å²) in [7, 11) is 0. The second-order valence-corrected chi connectivity index (χ2v) is 4.95. The zero-order chi connectivity index (χ0) is 10.2. The highest BCUT2D eigenvalue weighted by molar-refractivity contribution is 8.00. The molecule has 3 N–H and O–H groups in total. The highest BCUT2D eigenvalue weighted by Gasteiger charge is 2.20. The van der Waals surface area contributed by atoms with E-state index in [9.17, 15) is 4.79 Å². The molecule has 0 saturated carbocycles. The Balaban J connectivity index is 2.07. The van der Waals surface area contributed by atoms with E-state index in [4.69, 9.17) is 5.73 Å². The van der Waals surface area contributed by atoms with Crippen molar-refractivity contribution in [2.24, 2.45) is 5.73 Å². The molecule has 0 aromatic rings. The fourth-order valence-corrected chi connectivity index (χ4v) is 2.77. The van der Waals surface area contributed by atoms with Crippen LogP contribution in [0.15, 0.2) is 0 Å². The largest absolute Gasteiger partial charge is 0.355 e. The normalized spacial score (nSPS) is 21.9. The van der Waals surface area contributed by atoms with Crippen LogP contribution in [0.3, 0.4) is 0 Å². The molecule has 82 valence electrons. The third-order valence-corrected chi connectivity index (χ3v) is 3.78. The number of hydrogen-bond donors (Lipinski definition) is 2. The van der Waals surface area contributed by atoms with Gasteiger partial charge in [0.05, 0.1) is 5.25 Å². The molecule has 1 rings (SSSR count). The molecule has 1 amide bonds. The number of thioether (sulfide) groups is 1. The number of rotatable bonds is 5. The number of carbonyl (C=O) groups excluding carboxylic acids is 1. The number of amides is 1. The van der Waals surface area contributed by atoms with Crippen molar-refractivity contribution in [3.05, 3.63) is 0 Å². The van der Waals surface area contributed by atoms with E-state index in [1.165, 1.54) is 12.8 Å². The summed E-state index contributed by atoms with van der Waals surface area (Å²) in [4.78, 5) is 11.6. The van der Waals surface area contributed by atoms with E-state index < -0.39 is 0 Å². The molecule has 1 aliphatic rings. The van der Waals surface area contributed by atoms with Gasteiger partial charge in [-0.1, -0.05) is 6.42 Å². The molecule has 1 heterocycles. The molecule has 1 atom stereocenters. The Morgan fingerprint density at radius 3 is 2.93 bits per heavy atom. The monoisotopic (exact) mass is 216 g/mol. The van der Waals surface area contributed by atoms with Crippen LogP contribution >= 0.6 is 11.8 Å². The molecule has 0 bridgehead atoms. The van der Waals surface area contributed by atoms with Gasteiger partial charge in [-0.05, 0) is 38.0 Å². The molecule has 1 aliphatic heterocycles. The van der Waals surface area contributed by atoms with Crippen LogP contribution in [0.1, 0.15) is 32.1 Å². The summed E-state index contributed by atoms with van der Waals surface area (Å²) >= 11 is 1.80. The predicted octanol–water partition coefficient (Wildman–Crippen LogP) is 1.13. The lowest BCUT2D eigenvalue weighted by Crippen LogP contribution is -2.34. The number of carbonyl (C=O) groups is 1. The second-order valence-electron chi connectivity index (χ2n) is 3.64. The molecular formula is C10H20N2OS. The minimum absolute atomic E-state index is 0.210. The first-order valence-corrected chi connectivity index (χ1v) is 6.49. The molecule has 0 aromatic heterocycles. The van der Waals surface area contributed by atoms with Crippen molar-refractivity contribution < 1.29 is 4.79 Å². The van der Waals surface area contributed by atoms with E-state index in [0.29, 0.717) is 6.54 Å². The van der Waals surface area contributed by atoms with Crippen LogP contribution in [0, 0.1) is 0 Å². The van der Waals surface area contributed by atoms with Crippen LogP contribution in [-0.2, 0) is 4.79 Å². The average Bonchev–Trinajstić information content (AvgIpc) is 2.25. The quantitative estimate of drug-likeness (QED) is 0.677. The molecule has 1 saturated heterocycles. The summed E-state index contributed by atoms with van der Waals surface area (Å²) < 4.78 is 0. The number of nitrogens with two attached hydrogens (primary N) is 1. The summed E-state index contributed by atoms with van der Waals surface area (Å²) in [5, 5.41) is 3.18. The van der Waals surface area contributed by atoms with E-state index in [1.54, 1.807) is 11.8 Å². The van der Waals surface area contributed by atoms with Crippen molar-refractivity contribution in [3.8, 4) is 0 Å². The standard InChI is InChI=1S/C10H20N2OS/c11-6-2-3-7-12-10(13)9-5-1-4-8-14-9/h9H,1-8,11H2,(H,12,13). The highest BCUT2D eigenvalue weighted by Crippen LogP contribution is 2.24. The lowest BCUT2D eigenvalue weighted by Gasteiger charge is -2.20. The SMILES string of the molecule is NCCCCNC(=O)C1CCCCS1. The third kappa shape index (κ3) is 4.33. The first-order chi connectivity index (χ1) is 6.84. The maximum atomic E-state index is 11.6. The molecule has 1 fully saturated rings.